The van der Waals surface area contributed by atoms with Gasteiger partial charge in [0.2, 0.25) is 0 Å². The summed E-state index contributed by atoms with van der Waals surface area (Å²) in [6.07, 6.45) is 18.9. The van der Waals surface area contributed by atoms with Gasteiger partial charge < -0.3 is 65.3 Å². The van der Waals surface area contributed by atoms with Crippen molar-refractivity contribution in [3.63, 3.8) is 0 Å². The summed E-state index contributed by atoms with van der Waals surface area (Å²) in [6.45, 7) is 8.61. The van der Waals surface area contributed by atoms with Crippen molar-refractivity contribution in [3.8, 4) is 0 Å². The van der Waals surface area contributed by atoms with E-state index < -0.39 is 48.0 Å². The van der Waals surface area contributed by atoms with Crippen LogP contribution < -0.4 is 0 Å². The molecule has 0 amide bonds. The van der Waals surface area contributed by atoms with Gasteiger partial charge in [0.25, 0.3) is 0 Å². The molecule has 0 aliphatic carbocycles. The summed E-state index contributed by atoms with van der Waals surface area (Å²) in [4.78, 5) is 121. The van der Waals surface area contributed by atoms with Crippen LogP contribution in [-0.4, -0.2) is 251 Å². The maximum Gasteiger partial charge on any atom is 0.362 e. The molecule has 0 N–H and O–H groups in total. The first-order valence-electron chi connectivity index (χ1n) is 32.2. The van der Waals surface area contributed by atoms with Crippen molar-refractivity contribution in [1.82, 2.24) is 0 Å². The van der Waals surface area contributed by atoms with Crippen LogP contribution in [0, 0.1) is 0 Å². The van der Waals surface area contributed by atoms with Crippen molar-refractivity contribution in [3.05, 3.63) is 0 Å². The lowest BCUT2D eigenvalue weighted by atomic mass is 10.1. The number of hydrogen-bond donors (Lipinski definition) is 0. The second-order valence-corrected chi connectivity index (χ2v) is 25.8. The standard InChI is InChI=1S/C64H118N4O20/c1-53(69)79-43-37-65(5,6)47-61(75)85-51-57(87-63(77)49-67(9,10)39-45-81-55(3)71)33-27-21-15-17-23-29-35-59(73)83-41-31-25-19-13-14-20-26-32-42-84-60(74)36-30-24-18-16-22-28-34-58(88-64(78)50-68(11,12)40-46-82-56(4)72)52-86-62(76)48-66(7,8)38-44-80-54(2)70/h57-58H,13-52H2,1-12H3/q+4. The van der Waals surface area contributed by atoms with Gasteiger partial charge in [-0.05, 0) is 51.4 Å². The molecule has 0 bridgehead atoms. The summed E-state index contributed by atoms with van der Waals surface area (Å²) in [5.41, 5.74) is 0. The zero-order chi connectivity index (χ0) is 66.3. The van der Waals surface area contributed by atoms with E-state index in [0.717, 1.165) is 128 Å². The number of quaternary nitrogens is 4. The molecule has 0 spiro atoms. The van der Waals surface area contributed by atoms with E-state index in [0.29, 0.717) is 65.1 Å². The van der Waals surface area contributed by atoms with E-state index in [-0.39, 0.29) is 108 Å². The van der Waals surface area contributed by atoms with Gasteiger partial charge in [0, 0.05) is 40.5 Å². The molecule has 0 aliphatic rings. The number of unbranched alkanes of at least 4 members (excludes halogenated alkanes) is 17. The Morgan fingerprint density at radius 2 is 0.500 bits per heavy atom. The summed E-state index contributed by atoms with van der Waals surface area (Å²) in [5, 5.41) is 0. The van der Waals surface area contributed by atoms with Crippen molar-refractivity contribution >= 4 is 59.7 Å². The van der Waals surface area contributed by atoms with Crippen LogP contribution in [0.5, 0.6) is 0 Å². The SMILES string of the molecule is CC(=O)OCC[N+](C)(C)CC(=O)OCC(CCCCCCCCC(=O)OCCCCCCCCCCOC(=O)CCCCCCCCC(COC(=O)C[N+](C)(C)CCOC(C)=O)OC(=O)C[N+](C)(C)CCOC(C)=O)OC(=O)C[N+](C)(C)CCOC(C)=O. The molecule has 0 heterocycles. The lowest BCUT2D eigenvalue weighted by Gasteiger charge is -2.29. The second kappa shape index (κ2) is 48.4. The van der Waals surface area contributed by atoms with Gasteiger partial charge in [0.05, 0.1) is 69.6 Å². The largest absolute Gasteiger partial charge is 0.466 e. The molecule has 2 atom stereocenters. The fourth-order valence-electron chi connectivity index (χ4n) is 9.20. The van der Waals surface area contributed by atoms with Crippen LogP contribution in [0.2, 0.25) is 0 Å². The molecule has 510 valence electrons. The second-order valence-electron chi connectivity index (χ2n) is 25.8. The minimum absolute atomic E-state index is 0.0464. The number of esters is 10. The molecule has 0 aromatic heterocycles. The maximum atomic E-state index is 13.0. The average molecular weight is 1260 g/mol. The summed E-state index contributed by atoms with van der Waals surface area (Å²) < 4.78 is 54.8. The highest BCUT2D eigenvalue weighted by Gasteiger charge is 2.29. The normalized spacial score (nSPS) is 12.5. The molecular weight excluding hydrogens is 1140 g/mol. The zero-order valence-electron chi connectivity index (χ0n) is 56.4. The minimum atomic E-state index is -0.628. The Morgan fingerprint density at radius 3 is 0.773 bits per heavy atom. The van der Waals surface area contributed by atoms with Crippen LogP contribution in [0.15, 0.2) is 0 Å². The molecule has 88 heavy (non-hydrogen) atoms. The van der Waals surface area contributed by atoms with Gasteiger partial charge in [-0.25, -0.2) is 19.2 Å². The molecule has 0 aliphatic heterocycles. The Morgan fingerprint density at radius 1 is 0.261 bits per heavy atom. The van der Waals surface area contributed by atoms with E-state index in [1.165, 1.54) is 27.7 Å². The molecule has 24 heteroatoms. The third kappa shape index (κ3) is 53.6. The van der Waals surface area contributed by atoms with E-state index in [1.807, 2.05) is 56.4 Å². The topological polar surface area (TPSA) is 263 Å². The van der Waals surface area contributed by atoms with Crippen LogP contribution in [-0.2, 0) is 95.3 Å². The first-order chi connectivity index (χ1) is 41.4. The highest BCUT2D eigenvalue weighted by molar-refractivity contribution is 5.73. The predicted octanol–water partition coefficient (Wildman–Crippen LogP) is 6.90. The summed E-state index contributed by atoms with van der Waals surface area (Å²) in [7, 11) is 14.7. The van der Waals surface area contributed by atoms with E-state index >= 15 is 0 Å². The number of nitrogens with zero attached hydrogens (tertiary/aromatic N) is 4. The Hall–Kier alpha value is -5.46. The summed E-state index contributed by atoms with van der Waals surface area (Å²) in [6, 6.07) is 0. The van der Waals surface area contributed by atoms with Gasteiger partial charge in [-0.1, -0.05) is 89.9 Å². The van der Waals surface area contributed by atoms with Gasteiger partial charge in [0.1, 0.15) is 78.0 Å². The van der Waals surface area contributed by atoms with E-state index in [4.69, 9.17) is 47.4 Å². The van der Waals surface area contributed by atoms with Crippen LogP contribution in [0.4, 0.5) is 0 Å². The molecule has 0 fully saturated rings. The maximum absolute atomic E-state index is 13.0. The fourth-order valence-corrected chi connectivity index (χ4v) is 9.20. The molecule has 0 aromatic rings. The van der Waals surface area contributed by atoms with Crippen molar-refractivity contribution in [2.75, 3.05) is 162 Å². The third-order valence-corrected chi connectivity index (χ3v) is 14.6. The highest BCUT2D eigenvalue weighted by Crippen LogP contribution is 2.17. The van der Waals surface area contributed by atoms with Gasteiger partial charge in [-0.15, -0.1) is 0 Å². The van der Waals surface area contributed by atoms with Crippen molar-refractivity contribution in [2.24, 2.45) is 0 Å². The summed E-state index contributed by atoms with van der Waals surface area (Å²) >= 11 is 0. The number of rotatable bonds is 55. The predicted molar refractivity (Wildman–Crippen MR) is 328 cm³/mol. The molecule has 0 rings (SSSR count). The molecule has 0 saturated carbocycles. The smallest absolute Gasteiger partial charge is 0.362 e. The average Bonchev–Trinajstić information content (AvgIpc) is 3.63. The van der Waals surface area contributed by atoms with Crippen molar-refractivity contribution < 1.29 is 113 Å². The lowest BCUT2D eigenvalue weighted by Crippen LogP contribution is -2.48. The number of ether oxygens (including phenoxy) is 10. The van der Waals surface area contributed by atoms with E-state index in [9.17, 15) is 47.9 Å². The van der Waals surface area contributed by atoms with Gasteiger partial charge in [-0.2, -0.15) is 0 Å². The molecule has 0 saturated heterocycles. The fraction of sp³-hybridized carbons (Fsp3) is 0.844. The lowest BCUT2D eigenvalue weighted by molar-refractivity contribution is -0.883. The van der Waals surface area contributed by atoms with Gasteiger partial charge in [0.15, 0.2) is 26.2 Å². The number of likely N-dealkylation sites (N-methyl/N-ethyl adjacent to an activating group) is 4. The quantitative estimate of drug-likeness (QED) is 0.0259. The van der Waals surface area contributed by atoms with Gasteiger partial charge in [-0.3, -0.25) is 28.8 Å². The van der Waals surface area contributed by atoms with E-state index in [2.05, 4.69) is 0 Å². The zero-order valence-corrected chi connectivity index (χ0v) is 56.4. The molecule has 0 aromatic carbocycles. The number of carbonyl (C=O) groups is 10. The van der Waals surface area contributed by atoms with E-state index in [1.54, 1.807) is 0 Å². The Balaban J connectivity index is 4.32. The van der Waals surface area contributed by atoms with Crippen molar-refractivity contribution in [1.29, 1.82) is 0 Å². The summed E-state index contributed by atoms with van der Waals surface area (Å²) in [5.74, 6) is -3.69. The number of carbonyl (C=O) groups excluding carboxylic acids is 10. The Bertz CT molecular complexity index is 1890. The first-order valence-corrected chi connectivity index (χ1v) is 32.2. The van der Waals surface area contributed by atoms with Crippen LogP contribution in [0.25, 0.3) is 0 Å². The number of hydrogen-bond acceptors (Lipinski definition) is 20. The minimum Gasteiger partial charge on any atom is -0.466 e. The third-order valence-electron chi connectivity index (χ3n) is 14.6. The Labute approximate surface area is 526 Å². The van der Waals surface area contributed by atoms with Crippen molar-refractivity contribution in [2.45, 2.75) is 194 Å². The van der Waals surface area contributed by atoms with Gasteiger partial charge >= 0.3 is 59.7 Å². The van der Waals surface area contributed by atoms with Crippen LogP contribution >= 0.6 is 0 Å². The molecule has 2 unspecified atom stereocenters. The highest BCUT2D eigenvalue weighted by atomic mass is 16.6. The molecule has 24 nitrogen and oxygen atoms in total. The first kappa shape index (κ1) is 82.5. The van der Waals surface area contributed by atoms with Crippen LogP contribution in [0.3, 0.4) is 0 Å². The monoisotopic (exact) mass is 1260 g/mol. The van der Waals surface area contributed by atoms with Crippen LogP contribution in [0.1, 0.15) is 182 Å². The molecular formula is C64H118N4O20+4. The Kier molecular flexibility index (Phi) is 45.4. The molecule has 0 radical (unpaired) electrons.